The Morgan fingerprint density at radius 1 is 1.56 bits per heavy atom. The Morgan fingerprint density at radius 2 is 2.38 bits per heavy atom. The highest BCUT2D eigenvalue weighted by Gasteiger charge is 2.57. The molecular formula is C11H10N2O3. The van der Waals surface area contributed by atoms with Gasteiger partial charge < -0.3 is 9.15 Å². The lowest BCUT2D eigenvalue weighted by Gasteiger charge is -2.06. The summed E-state index contributed by atoms with van der Waals surface area (Å²) >= 11 is 0. The van der Waals surface area contributed by atoms with Gasteiger partial charge in [-0.1, -0.05) is 0 Å². The fourth-order valence-electron chi connectivity index (χ4n) is 1.80. The molecule has 2 heterocycles. The van der Waals surface area contributed by atoms with Crippen LogP contribution in [0, 0.1) is 0 Å². The number of hydrogen-bond donors (Lipinski definition) is 0. The van der Waals surface area contributed by atoms with E-state index in [0.717, 1.165) is 12.8 Å². The second kappa shape index (κ2) is 3.04. The first-order chi connectivity index (χ1) is 7.76. The number of carbonyl (C=O) groups excluding carboxylic acids is 1. The van der Waals surface area contributed by atoms with E-state index in [-0.39, 0.29) is 5.97 Å². The number of rotatable bonds is 2. The lowest BCUT2D eigenvalue weighted by Crippen LogP contribution is -2.22. The number of nitrogens with zero attached hydrogens (tertiary/aromatic N) is 2. The van der Waals surface area contributed by atoms with Crippen LogP contribution in [-0.2, 0) is 14.9 Å². The summed E-state index contributed by atoms with van der Waals surface area (Å²) in [5.41, 5.74) is 0.482. The quantitative estimate of drug-likeness (QED) is 0.713. The summed E-state index contributed by atoms with van der Waals surface area (Å²) in [7, 11) is 1.38. The average molecular weight is 218 g/mol. The topological polar surface area (TPSA) is 65.2 Å². The number of oxazole rings is 1. The molecule has 2 aromatic rings. The number of methoxy groups -OCH3 is 1. The molecule has 0 unspecified atom stereocenters. The molecule has 3 rings (SSSR count). The van der Waals surface area contributed by atoms with E-state index in [9.17, 15) is 4.79 Å². The highest BCUT2D eigenvalue weighted by Crippen LogP contribution is 2.49. The summed E-state index contributed by atoms with van der Waals surface area (Å²) < 4.78 is 10.3. The minimum atomic E-state index is -0.657. The van der Waals surface area contributed by atoms with Gasteiger partial charge in [0.25, 0.3) is 0 Å². The SMILES string of the molecule is COC(=O)C1(c2nc3ncccc3o2)CC1. The van der Waals surface area contributed by atoms with Crippen molar-refractivity contribution in [2.75, 3.05) is 7.11 Å². The molecule has 1 aliphatic rings. The van der Waals surface area contributed by atoms with E-state index >= 15 is 0 Å². The maximum atomic E-state index is 11.6. The summed E-state index contributed by atoms with van der Waals surface area (Å²) in [5.74, 6) is 0.145. The number of ether oxygens (including phenoxy) is 1. The number of fused-ring (bicyclic) bond motifs is 1. The van der Waals surface area contributed by atoms with Gasteiger partial charge in [-0.3, -0.25) is 4.79 Å². The molecular weight excluding hydrogens is 208 g/mol. The molecule has 82 valence electrons. The molecule has 0 amide bonds. The second-order valence-corrected chi connectivity index (χ2v) is 3.92. The van der Waals surface area contributed by atoms with Gasteiger partial charge in [-0.2, -0.15) is 4.98 Å². The number of aromatic nitrogens is 2. The van der Waals surface area contributed by atoms with Crippen molar-refractivity contribution in [3.05, 3.63) is 24.2 Å². The van der Waals surface area contributed by atoms with E-state index < -0.39 is 5.41 Å². The third kappa shape index (κ3) is 1.14. The van der Waals surface area contributed by atoms with Crippen LogP contribution in [0.5, 0.6) is 0 Å². The van der Waals surface area contributed by atoms with E-state index in [1.54, 1.807) is 18.3 Å². The molecule has 0 atom stereocenters. The van der Waals surface area contributed by atoms with Gasteiger partial charge in [0.15, 0.2) is 11.2 Å². The van der Waals surface area contributed by atoms with Crippen molar-refractivity contribution in [1.29, 1.82) is 0 Å². The largest absolute Gasteiger partial charge is 0.468 e. The predicted molar refractivity (Wildman–Crippen MR) is 54.7 cm³/mol. The molecule has 5 heteroatoms. The van der Waals surface area contributed by atoms with Gasteiger partial charge in [-0.05, 0) is 25.0 Å². The van der Waals surface area contributed by atoms with E-state index in [2.05, 4.69) is 9.97 Å². The fourth-order valence-corrected chi connectivity index (χ4v) is 1.80. The molecule has 2 aromatic heterocycles. The number of carbonyl (C=O) groups is 1. The molecule has 16 heavy (non-hydrogen) atoms. The van der Waals surface area contributed by atoms with Crippen LogP contribution >= 0.6 is 0 Å². The summed E-state index contributed by atoms with van der Waals surface area (Å²) in [5, 5.41) is 0. The summed E-state index contributed by atoms with van der Waals surface area (Å²) in [6.45, 7) is 0. The molecule has 0 radical (unpaired) electrons. The molecule has 0 bridgehead atoms. The molecule has 0 saturated heterocycles. The molecule has 0 spiro atoms. The summed E-state index contributed by atoms with van der Waals surface area (Å²) in [6, 6.07) is 3.56. The zero-order valence-electron chi connectivity index (χ0n) is 8.77. The fraction of sp³-hybridized carbons (Fsp3) is 0.364. The monoisotopic (exact) mass is 218 g/mol. The minimum absolute atomic E-state index is 0.279. The van der Waals surface area contributed by atoms with E-state index in [4.69, 9.17) is 9.15 Å². The Bertz CT molecular complexity index is 524. The lowest BCUT2D eigenvalue weighted by atomic mass is 10.1. The summed E-state index contributed by atoms with van der Waals surface area (Å²) in [4.78, 5) is 19.9. The van der Waals surface area contributed by atoms with Gasteiger partial charge in [0.1, 0.15) is 5.41 Å². The maximum Gasteiger partial charge on any atom is 0.321 e. The van der Waals surface area contributed by atoms with Gasteiger partial charge in [-0.15, -0.1) is 0 Å². The molecule has 1 saturated carbocycles. The van der Waals surface area contributed by atoms with E-state index in [1.165, 1.54) is 7.11 Å². The van der Waals surface area contributed by atoms with Gasteiger partial charge in [0.05, 0.1) is 7.11 Å². The second-order valence-electron chi connectivity index (χ2n) is 3.92. The average Bonchev–Trinajstić information content (AvgIpc) is 3.01. The first-order valence-electron chi connectivity index (χ1n) is 5.07. The van der Waals surface area contributed by atoms with Crippen molar-refractivity contribution >= 4 is 17.2 Å². The summed E-state index contributed by atoms with van der Waals surface area (Å²) in [6.07, 6.45) is 3.10. The van der Waals surface area contributed by atoms with Crippen LogP contribution < -0.4 is 0 Å². The van der Waals surface area contributed by atoms with Gasteiger partial charge in [0.2, 0.25) is 5.89 Å². The smallest absolute Gasteiger partial charge is 0.321 e. The standard InChI is InChI=1S/C11H10N2O3/c1-15-10(14)11(4-5-11)9-13-8-7(16-9)3-2-6-12-8/h2-3,6H,4-5H2,1H3. The molecule has 1 aliphatic carbocycles. The third-order valence-electron chi connectivity index (χ3n) is 2.90. The maximum absolute atomic E-state index is 11.6. The number of hydrogen-bond acceptors (Lipinski definition) is 5. The third-order valence-corrected chi connectivity index (χ3v) is 2.90. The van der Waals surface area contributed by atoms with Crippen LogP contribution in [0.4, 0.5) is 0 Å². The zero-order valence-corrected chi connectivity index (χ0v) is 8.77. The predicted octanol–water partition coefficient (Wildman–Crippen LogP) is 1.43. The van der Waals surface area contributed by atoms with Crippen LogP contribution in [0.1, 0.15) is 18.7 Å². The first kappa shape index (κ1) is 9.33. The van der Waals surface area contributed by atoms with Gasteiger partial charge in [0, 0.05) is 6.20 Å². The normalized spacial score (nSPS) is 17.3. The lowest BCUT2D eigenvalue weighted by molar-refractivity contribution is -0.144. The van der Waals surface area contributed by atoms with Crippen LogP contribution in [0.3, 0.4) is 0 Å². The Balaban J connectivity index is 2.10. The van der Waals surface area contributed by atoms with Crippen LogP contribution in [-0.4, -0.2) is 23.0 Å². The van der Waals surface area contributed by atoms with Crippen LogP contribution in [0.25, 0.3) is 11.2 Å². The Hall–Kier alpha value is -1.91. The Morgan fingerprint density at radius 3 is 3.00 bits per heavy atom. The number of esters is 1. The Kier molecular flexibility index (Phi) is 1.77. The van der Waals surface area contributed by atoms with Crippen molar-refractivity contribution in [2.24, 2.45) is 0 Å². The Labute approximate surface area is 91.4 Å². The molecule has 0 aromatic carbocycles. The highest BCUT2D eigenvalue weighted by atomic mass is 16.5. The zero-order chi connectivity index (χ0) is 11.2. The van der Waals surface area contributed by atoms with Crippen molar-refractivity contribution in [2.45, 2.75) is 18.3 Å². The number of pyridine rings is 1. The van der Waals surface area contributed by atoms with Crippen LogP contribution in [0.15, 0.2) is 22.7 Å². The minimum Gasteiger partial charge on any atom is -0.468 e. The molecule has 0 aliphatic heterocycles. The van der Waals surface area contributed by atoms with Crippen LogP contribution in [0.2, 0.25) is 0 Å². The van der Waals surface area contributed by atoms with Crippen molar-refractivity contribution < 1.29 is 13.9 Å². The first-order valence-corrected chi connectivity index (χ1v) is 5.07. The molecule has 5 nitrogen and oxygen atoms in total. The van der Waals surface area contributed by atoms with Crippen molar-refractivity contribution in [3.63, 3.8) is 0 Å². The van der Waals surface area contributed by atoms with Gasteiger partial charge >= 0.3 is 5.97 Å². The molecule has 1 fully saturated rings. The van der Waals surface area contributed by atoms with E-state index in [1.807, 2.05) is 0 Å². The molecule has 0 N–H and O–H groups in total. The van der Waals surface area contributed by atoms with Crippen molar-refractivity contribution in [1.82, 2.24) is 9.97 Å². The van der Waals surface area contributed by atoms with E-state index in [0.29, 0.717) is 17.1 Å². The van der Waals surface area contributed by atoms with Crippen molar-refractivity contribution in [3.8, 4) is 0 Å². The highest BCUT2D eigenvalue weighted by molar-refractivity contribution is 5.86. The van der Waals surface area contributed by atoms with Gasteiger partial charge in [-0.25, -0.2) is 4.98 Å².